The molecule has 0 spiro atoms. The Morgan fingerprint density at radius 3 is 2.62 bits per heavy atom. The van der Waals surface area contributed by atoms with Crippen molar-refractivity contribution in [2.24, 2.45) is 11.8 Å². The molecule has 0 aliphatic heterocycles. The van der Waals surface area contributed by atoms with Crippen LogP contribution in [-0.4, -0.2) is 10.9 Å². The third kappa shape index (κ3) is 2.89. The Bertz CT molecular complexity index is 614. The summed E-state index contributed by atoms with van der Waals surface area (Å²) in [6, 6.07) is 7.80. The lowest BCUT2D eigenvalue weighted by atomic mass is 9.79. The minimum Gasteiger partial charge on any atom is -0.271 e. The van der Waals surface area contributed by atoms with Crippen molar-refractivity contribution in [2.75, 3.05) is 0 Å². The number of pyridine rings is 1. The van der Waals surface area contributed by atoms with Crippen molar-refractivity contribution in [3.8, 4) is 0 Å². The zero-order valence-corrected chi connectivity index (χ0v) is 11.7. The van der Waals surface area contributed by atoms with E-state index in [0.717, 1.165) is 16.3 Å². The van der Waals surface area contributed by atoms with Gasteiger partial charge in [0.05, 0.1) is 6.04 Å². The van der Waals surface area contributed by atoms with Gasteiger partial charge in [-0.05, 0) is 29.7 Å². The summed E-state index contributed by atoms with van der Waals surface area (Å²) >= 11 is 0. The molecule has 1 aliphatic rings. The first-order valence-electron chi connectivity index (χ1n) is 7.27. The van der Waals surface area contributed by atoms with Crippen LogP contribution < -0.4 is 11.3 Å². The van der Waals surface area contributed by atoms with Gasteiger partial charge in [-0.3, -0.25) is 16.3 Å². The maximum Gasteiger partial charge on any atom is 0.248 e. The zero-order valence-electron chi connectivity index (χ0n) is 11.7. The molecule has 3 nitrogen and oxygen atoms in total. The van der Waals surface area contributed by atoms with E-state index in [1.165, 1.54) is 0 Å². The van der Waals surface area contributed by atoms with Gasteiger partial charge in [0.25, 0.3) is 0 Å². The summed E-state index contributed by atoms with van der Waals surface area (Å²) in [6.45, 7) is 0. The van der Waals surface area contributed by atoms with E-state index in [1.54, 1.807) is 12.4 Å². The molecule has 1 unspecified atom stereocenters. The highest BCUT2D eigenvalue weighted by molar-refractivity contribution is 5.85. The summed E-state index contributed by atoms with van der Waals surface area (Å²) in [5, 5.41) is 2.11. The second-order valence-corrected chi connectivity index (χ2v) is 5.79. The number of alkyl halides is 2. The number of rotatable bonds is 3. The number of halogens is 2. The van der Waals surface area contributed by atoms with E-state index in [4.69, 9.17) is 5.84 Å². The molecule has 1 saturated carbocycles. The van der Waals surface area contributed by atoms with E-state index in [9.17, 15) is 8.78 Å². The average molecular weight is 291 g/mol. The minimum atomic E-state index is -2.52. The van der Waals surface area contributed by atoms with Crippen LogP contribution in [0.1, 0.15) is 37.3 Å². The van der Waals surface area contributed by atoms with E-state index in [2.05, 4.69) is 10.4 Å². The van der Waals surface area contributed by atoms with Gasteiger partial charge in [0.1, 0.15) is 0 Å². The van der Waals surface area contributed by atoms with Gasteiger partial charge in [0, 0.05) is 30.6 Å². The van der Waals surface area contributed by atoms with Crippen molar-refractivity contribution < 1.29 is 8.78 Å². The maximum atomic E-state index is 13.3. The van der Waals surface area contributed by atoms with Crippen molar-refractivity contribution in [1.29, 1.82) is 0 Å². The molecule has 1 atom stereocenters. The van der Waals surface area contributed by atoms with Crippen LogP contribution in [0.4, 0.5) is 8.78 Å². The fourth-order valence-corrected chi connectivity index (χ4v) is 3.26. The molecule has 112 valence electrons. The lowest BCUT2D eigenvalue weighted by molar-refractivity contribution is -0.0497. The van der Waals surface area contributed by atoms with Crippen molar-refractivity contribution in [3.05, 3.63) is 42.2 Å². The number of nitrogens with zero attached hydrogens (tertiary/aromatic N) is 1. The summed E-state index contributed by atoms with van der Waals surface area (Å²) < 4.78 is 26.7. The van der Waals surface area contributed by atoms with Crippen LogP contribution in [0, 0.1) is 5.92 Å². The second-order valence-electron chi connectivity index (χ2n) is 5.79. The van der Waals surface area contributed by atoms with Crippen molar-refractivity contribution in [1.82, 2.24) is 10.4 Å². The summed E-state index contributed by atoms with van der Waals surface area (Å²) in [7, 11) is 0. The highest BCUT2D eigenvalue weighted by atomic mass is 19.3. The van der Waals surface area contributed by atoms with Gasteiger partial charge in [0.2, 0.25) is 5.92 Å². The minimum absolute atomic E-state index is 0.0615. The number of hydrogen-bond donors (Lipinski definition) is 2. The molecule has 1 aromatic carbocycles. The normalized spacial score (nSPS) is 20.5. The monoisotopic (exact) mass is 291 g/mol. The molecule has 0 bridgehead atoms. The Labute approximate surface area is 122 Å². The fraction of sp³-hybridized carbons (Fsp3) is 0.438. The van der Waals surface area contributed by atoms with Crippen LogP contribution in [0.25, 0.3) is 10.8 Å². The van der Waals surface area contributed by atoms with Crippen LogP contribution in [-0.2, 0) is 0 Å². The molecular weight excluding hydrogens is 272 g/mol. The van der Waals surface area contributed by atoms with Crippen LogP contribution in [0.2, 0.25) is 0 Å². The average Bonchev–Trinajstić information content (AvgIpc) is 2.50. The maximum absolute atomic E-state index is 13.3. The van der Waals surface area contributed by atoms with Gasteiger partial charge in [-0.25, -0.2) is 8.78 Å². The molecule has 2 aromatic rings. The molecule has 3 rings (SSSR count). The molecule has 21 heavy (non-hydrogen) atoms. The lowest BCUT2D eigenvalue weighted by Gasteiger charge is -2.33. The summed E-state index contributed by atoms with van der Waals surface area (Å²) in [5.74, 6) is 3.32. The van der Waals surface area contributed by atoms with Gasteiger partial charge in [-0.15, -0.1) is 0 Å². The van der Waals surface area contributed by atoms with Gasteiger partial charge in [-0.2, -0.15) is 0 Å². The predicted molar refractivity (Wildman–Crippen MR) is 78.7 cm³/mol. The fourth-order valence-electron chi connectivity index (χ4n) is 3.26. The Kier molecular flexibility index (Phi) is 3.87. The third-order valence-electron chi connectivity index (χ3n) is 4.45. The topological polar surface area (TPSA) is 50.9 Å². The SMILES string of the molecule is NNC(c1cncc2ccccc12)C1CCC(F)(F)CC1. The van der Waals surface area contributed by atoms with Crippen LogP contribution >= 0.6 is 0 Å². The van der Waals surface area contributed by atoms with Crippen LogP contribution in [0.3, 0.4) is 0 Å². The number of nitrogens with one attached hydrogen (secondary N) is 1. The van der Waals surface area contributed by atoms with Crippen LogP contribution in [0.15, 0.2) is 36.7 Å². The summed E-state index contributed by atoms with van der Waals surface area (Å²) in [6.07, 6.45) is 4.43. The Morgan fingerprint density at radius 1 is 1.19 bits per heavy atom. The van der Waals surface area contributed by atoms with Crippen molar-refractivity contribution >= 4 is 10.8 Å². The highest BCUT2D eigenvalue weighted by Crippen LogP contribution is 2.42. The third-order valence-corrected chi connectivity index (χ3v) is 4.45. The van der Waals surface area contributed by atoms with E-state index < -0.39 is 5.92 Å². The lowest BCUT2D eigenvalue weighted by Crippen LogP contribution is -2.37. The smallest absolute Gasteiger partial charge is 0.248 e. The molecule has 0 saturated heterocycles. The Morgan fingerprint density at radius 2 is 1.90 bits per heavy atom. The molecular formula is C16H19F2N3. The molecule has 0 amide bonds. The number of nitrogens with two attached hydrogens (primary N) is 1. The van der Waals surface area contributed by atoms with Gasteiger partial charge >= 0.3 is 0 Å². The van der Waals surface area contributed by atoms with Gasteiger partial charge in [-0.1, -0.05) is 24.3 Å². The molecule has 1 heterocycles. The first-order chi connectivity index (χ1) is 10.1. The van der Waals surface area contributed by atoms with Crippen molar-refractivity contribution in [3.63, 3.8) is 0 Å². The molecule has 1 fully saturated rings. The standard InChI is InChI=1S/C16H19F2N3/c17-16(18)7-5-11(6-8-16)15(21-19)14-10-20-9-12-3-1-2-4-13(12)14/h1-4,9-11,15,21H,5-8,19H2. The number of hydrazine groups is 1. The number of fused-ring (bicyclic) bond motifs is 1. The molecule has 1 aromatic heterocycles. The molecule has 1 aliphatic carbocycles. The first-order valence-corrected chi connectivity index (χ1v) is 7.27. The summed E-state index contributed by atoms with van der Waals surface area (Å²) in [4.78, 5) is 4.26. The Balaban J connectivity index is 1.92. The van der Waals surface area contributed by atoms with E-state index in [-0.39, 0.29) is 24.8 Å². The quantitative estimate of drug-likeness (QED) is 0.671. The summed E-state index contributed by atoms with van der Waals surface area (Å²) in [5.41, 5.74) is 3.81. The van der Waals surface area contributed by atoms with E-state index in [1.807, 2.05) is 24.3 Å². The van der Waals surface area contributed by atoms with Crippen LogP contribution in [0.5, 0.6) is 0 Å². The highest BCUT2D eigenvalue weighted by Gasteiger charge is 2.38. The van der Waals surface area contributed by atoms with E-state index in [0.29, 0.717) is 12.8 Å². The zero-order chi connectivity index (χ0) is 14.9. The predicted octanol–water partition coefficient (Wildman–Crippen LogP) is 3.56. The second kappa shape index (κ2) is 5.66. The van der Waals surface area contributed by atoms with Gasteiger partial charge in [0.15, 0.2) is 0 Å². The largest absolute Gasteiger partial charge is 0.271 e. The Hall–Kier alpha value is -1.59. The first kappa shape index (κ1) is 14.4. The number of aromatic nitrogens is 1. The number of benzene rings is 1. The molecule has 5 heteroatoms. The van der Waals surface area contributed by atoms with E-state index >= 15 is 0 Å². The molecule has 0 radical (unpaired) electrons. The molecule has 3 N–H and O–H groups in total. The number of hydrogen-bond acceptors (Lipinski definition) is 3. The van der Waals surface area contributed by atoms with Crippen molar-refractivity contribution in [2.45, 2.75) is 37.6 Å². The van der Waals surface area contributed by atoms with Gasteiger partial charge < -0.3 is 0 Å².